The SMILES string of the molecule is O=c1[nH]c2nc(-c3cccc(CO)c3)cnc2n1C1CCCCC1. The summed E-state index contributed by atoms with van der Waals surface area (Å²) in [5, 5.41) is 9.28. The zero-order valence-corrected chi connectivity index (χ0v) is 13.4. The second-order valence-corrected chi connectivity index (χ2v) is 6.38. The lowest BCUT2D eigenvalue weighted by molar-refractivity contribution is 0.282. The quantitative estimate of drug-likeness (QED) is 0.776. The Balaban J connectivity index is 1.78. The van der Waals surface area contributed by atoms with E-state index in [0.717, 1.165) is 36.8 Å². The molecule has 1 saturated carbocycles. The van der Waals surface area contributed by atoms with Gasteiger partial charge in [-0.3, -0.25) is 9.55 Å². The van der Waals surface area contributed by atoms with E-state index >= 15 is 0 Å². The van der Waals surface area contributed by atoms with Gasteiger partial charge in [-0.1, -0.05) is 37.5 Å². The van der Waals surface area contributed by atoms with Crippen LogP contribution in [0.4, 0.5) is 0 Å². The molecule has 4 rings (SSSR count). The third kappa shape index (κ3) is 2.63. The molecular formula is C18H20N4O2. The molecule has 1 fully saturated rings. The summed E-state index contributed by atoms with van der Waals surface area (Å²) in [6.07, 6.45) is 7.30. The van der Waals surface area contributed by atoms with Crippen LogP contribution in [-0.4, -0.2) is 24.6 Å². The van der Waals surface area contributed by atoms with Crippen LogP contribution in [0.3, 0.4) is 0 Å². The molecule has 0 bridgehead atoms. The molecule has 124 valence electrons. The lowest BCUT2D eigenvalue weighted by Crippen LogP contribution is -2.24. The molecule has 0 saturated heterocycles. The summed E-state index contributed by atoms with van der Waals surface area (Å²) < 4.78 is 1.77. The van der Waals surface area contributed by atoms with Gasteiger partial charge in [0.05, 0.1) is 18.5 Å². The fraction of sp³-hybridized carbons (Fsp3) is 0.389. The van der Waals surface area contributed by atoms with Crippen molar-refractivity contribution in [2.45, 2.75) is 44.8 Å². The first-order chi connectivity index (χ1) is 11.8. The summed E-state index contributed by atoms with van der Waals surface area (Å²) in [7, 11) is 0. The average molecular weight is 324 g/mol. The molecule has 0 aliphatic heterocycles. The minimum absolute atomic E-state index is 0.0155. The Morgan fingerprint density at radius 1 is 1.25 bits per heavy atom. The van der Waals surface area contributed by atoms with Crippen molar-refractivity contribution < 1.29 is 5.11 Å². The maximum atomic E-state index is 12.4. The molecule has 2 N–H and O–H groups in total. The maximum Gasteiger partial charge on any atom is 0.329 e. The first-order valence-corrected chi connectivity index (χ1v) is 8.43. The van der Waals surface area contributed by atoms with E-state index in [1.165, 1.54) is 6.42 Å². The number of nitrogens with zero attached hydrogens (tertiary/aromatic N) is 3. The van der Waals surface area contributed by atoms with Gasteiger partial charge < -0.3 is 5.11 Å². The van der Waals surface area contributed by atoms with Crippen LogP contribution in [0.2, 0.25) is 0 Å². The molecule has 0 radical (unpaired) electrons. The number of hydrogen-bond donors (Lipinski definition) is 2. The van der Waals surface area contributed by atoms with Gasteiger partial charge >= 0.3 is 5.69 Å². The van der Waals surface area contributed by atoms with E-state index in [1.807, 2.05) is 24.3 Å². The zero-order valence-electron chi connectivity index (χ0n) is 13.4. The van der Waals surface area contributed by atoms with Crippen molar-refractivity contribution in [2.24, 2.45) is 0 Å². The third-order valence-electron chi connectivity index (χ3n) is 4.77. The fourth-order valence-electron chi connectivity index (χ4n) is 3.55. The highest BCUT2D eigenvalue weighted by molar-refractivity contribution is 5.71. The van der Waals surface area contributed by atoms with Gasteiger partial charge in [0.1, 0.15) is 0 Å². The Labute approximate surface area is 139 Å². The predicted octanol–water partition coefficient (Wildman–Crippen LogP) is 2.78. The van der Waals surface area contributed by atoms with E-state index in [0.29, 0.717) is 17.0 Å². The smallest absolute Gasteiger partial charge is 0.329 e. The molecular weight excluding hydrogens is 304 g/mol. The second kappa shape index (κ2) is 6.20. The molecule has 0 unspecified atom stereocenters. The van der Waals surface area contributed by atoms with Crippen LogP contribution >= 0.6 is 0 Å². The molecule has 1 aliphatic rings. The molecule has 6 heteroatoms. The molecule has 1 aliphatic carbocycles. The van der Waals surface area contributed by atoms with Gasteiger partial charge in [-0.25, -0.2) is 14.8 Å². The van der Waals surface area contributed by atoms with Gasteiger partial charge in [0.25, 0.3) is 0 Å². The Morgan fingerprint density at radius 3 is 2.88 bits per heavy atom. The summed E-state index contributed by atoms with van der Waals surface area (Å²) in [6, 6.07) is 7.76. The molecule has 2 heterocycles. The second-order valence-electron chi connectivity index (χ2n) is 6.38. The van der Waals surface area contributed by atoms with Gasteiger partial charge in [-0.15, -0.1) is 0 Å². The summed E-state index contributed by atoms with van der Waals surface area (Å²) in [5.74, 6) is 0. The van der Waals surface area contributed by atoms with E-state index < -0.39 is 0 Å². The number of nitrogens with one attached hydrogen (secondary N) is 1. The van der Waals surface area contributed by atoms with E-state index in [-0.39, 0.29) is 18.3 Å². The van der Waals surface area contributed by atoms with Crippen LogP contribution < -0.4 is 5.69 Å². The monoisotopic (exact) mass is 324 g/mol. The van der Waals surface area contributed by atoms with Crippen LogP contribution in [0.25, 0.3) is 22.6 Å². The van der Waals surface area contributed by atoms with Crippen LogP contribution in [-0.2, 0) is 6.61 Å². The lowest BCUT2D eigenvalue weighted by Gasteiger charge is -2.22. The van der Waals surface area contributed by atoms with Crippen LogP contribution in [0.1, 0.15) is 43.7 Å². The van der Waals surface area contributed by atoms with Crippen molar-refractivity contribution in [1.82, 2.24) is 19.5 Å². The molecule has 0 atom stereocenters. The Bertz CT molecular complexity index is 922. The van der Waals surface area contributed by atoms with E-state index in [4.69, 9.17) is 0 Å². The molecule has 24 heavy (non-hydrogen) atoms. The van der Waals surface area contributed by atoms with Gasteiger partial charge in [-0.05, 0) is 24.5 Å². The fourth-order valence-corrected chi connectivity index (χ4v) is 3.55. The Kier molecular flexibility index (Phi) is 3.90. The van der Waals surface area contributed by atoms with Crippen molar-refractivity contribution in [3.63, 3.8) is 0 Å². The summed E-state index contributed by atoms with van der Waals surface area (Å²) >= 11 is 0. The molecule has 3 aromatic rings. The summed E-state index contributed by atoms with van der Waals surface area (Å²) in [5.41, 5.74) is 3.42. The standard InChI is InChI=1S/C18H20N4O2/c23-11-12-5-4-6-13(9-12)15-10-19-17-16(20-15)21-18(24)22(17)14-7-2-1-3-8-14/h4-6,9-10,14,23H,1-3,7-8,11H2,(H,20,21,24). The van der Waals surface area contributed by atoms with Crippen molar-refractivity contribution >= 4 is 11.3 Å². The summed E-state index contributed by atoms with van der Waals surface area (Å²) in [6.45, 7) is -0.0155. The number of H-pyrrole nitrogens is 1. The maximum absolute atomic E-state index is 12.4. The third-order valence-corrected chi connectivity index (χ3v) is 4.77. The molecule has 2 aromatic heterocycles. The number of aliphatic hydroxyl groups is 1. The van der Waals surface area contributed by atoms with Crippen molar-refractivity contribution in [1.29, 1.82) is 0 Å². The number of imidazole rings is 1. The van der Waals surface area contributed by atoms with Gasteiger partial charge in [0.2, 0.25) is 0 Å². The number of rotatable bonds is 3. The predicted molar refractivity (Wildman–Crippen MR) is 91.6 cm³/mol. The minimum atomic E-state index is -0.127. The Hall–Kier alpha value is -2.47. The van der Waals surface area contributed by atoms with Crippen LogP contribution in [0.15, 0.2) is 35.3 Å². The number of hydrogen-bond acceptors (Lipinski definition) is 4. The average Bonchev–Trinajstić information content (AvgIpc) is 2.97. The number of fused-ring (bicyclic) bond motifs is 1. The number of aromatic nitrogens is 4. The van der Waals surface area contributed by atoms with E-state index in [1.54, 1.807) is 10.8 Å². The highest BCUT2D eigenvalue weighted by Crippen LogP contribution is 2.29. The first-order valence-electron chi connectivity index (χ1n) is 8.43. The molecule has 1 aromatic carbocycles. The zero-order chi connectivity index (χ0) is 16.5. The number of aromatic amines is 1. The van der Waals surface area contributed by atoms with E-state index in [2.05, 4.69) is 15.0 Å². The topological polar surface area (TPSA) is 83.8 Å². The molecule has 0 amide bonds. The largest absolute Gasteiger partial charge is 0.392 e. The Morgan fingerprint density at radius 2 is 2.08 bits per heavy atom. The normalized spacial score (nSPS) is 15.9. The minimum Gasteiger partial charge on any atom is -0.392 e. The van der Waals surface area contributed by atoms with Crippen molar-refractivity contribution in [3.05, 3.63) is 46.5 Å². The number of aliphatic hydroxyl groups excluding tert-OH is 1. The highest BCUT2D eigenvalue weighted by atomic mass is 16.3. The van der Waals surface area contributed by atoms with Gasteiger partial charge in [0.15, 0.2) is 11.3 Å². The van der Waals surface area contributed by atoms with Gasteiger partial charge in [-0.2, -0.15) is 0 Å². The van der Waals surface area contributed by atoms with E-state index in [9.17, 15) is 9.90 Å². The van der Waals surface area contributed by atoms with Crippen LogP contribution in [0.5, 0.6) is 0 Å². The lowest BCUT2D eigenvalue weighted by atomic mass is 9.95. The van der Waals surface area contributed by atoms with Crippen molar-refractivity contribution in [2.75, 3.05) is 0 Å². The van der Waals surface area contributed by atoms with Crippen molar-refractivity contribution in [3.8, 4) is 11.3 Å². The molecule has 6 nitrogen and oxygen atoms in total. The van der Waals surface area contributed by atoms with Crippen LogP contribution in [0, 0.1) is 0 Å². The first kappa shape index (κ1) is 15.1. The summed E-state index contributed by atoms with van der Waals surface area (Å²) in [4.78, 5) is 24.3. The van der Waals surface area contributed by atoms with Gasteiger partial charge in [0, 0.05) is 11.6 Å². The number of benzene rings is 1. The highest BCUT2D eigenvalue weighted by Gasteiger charge is 2.21. The molecule has 0 spiro atoms.